The van der Waals surface area contributed by atoms with E-state index in [0.717, 1.165) is 11.1 Å². The number of aryl methyl sites for hydroxylation is 1. The van der Waals surface area contributed by atoms with Crippen molar-refractivity contribution in [1.29, 1.82) is 0 Å². The Kier molecular flexibility index (Phi) is 17.4. The molecule has 4 rings (SSSR count). The SMILES string of the molecule is CC(C)C[C@H](NC(=O)[C@H](CCc1ccccc1)NC(=O)CN1CCOCC1)C(=O)N[C@@H](Cc1ccccc1)C(=O)N[C@@H](CC(C)C)C(=O)[C@@]1(C)CO1.Cl. The summed E-state index contributed by atoms with van der Waals surface area (Å²) in [5, 5.41) is 11.7. The Bertz CT molecular complexity index is 1480. The number of morpholine rings is 1. The van der Waals surface area contributed by atoms with Crippen molar-refractivity contribution in [3.63, 3.8) is 0 Å². The lowest BCUT2D eigenvalue weighted by Gasteiger charge is -2.29. The molecule has 0 spiro atoms. The Morgan fingerprint density at radius 2 is 1.19 bits per heavy atom. The van der Waals surface area contributed by atoms with Crippen molar-refractivity contribution in [3.05, 3.63) is 71.8 Å². The van der Waals surface area contributed by atoms with Gasteiger partial charge in [0.2, 0.25) is 23.6 Å². The van der Waals surface area contributed by atoms with E-state index >= 15 is 0 Å². The quantitative estimate of drug-likeness (QED) is 0.150. The molecule has 0 bridgehead atoms. The fraction of sp³-hybridized carbons (Fsp3) is 0.575. The zero-order valence-electron chi connectivity index (χ0n) is 31.7. The number of benzene rings is 2. The van der Waals surface area contributed by atoms with Crippen molar-refractivity contribution >= 4 is 41.8 Å². The second-order valence-electron chi connectivity index (χ2n) is 15.0. The van der Waals surface area contributed by atoms with Gasteiger partial charge in [0.1, 0.15) is 23.7 Å². The molecule has 53 heavy (non-hydrogen) atoms. The van der Waals surface area contributed by atoms with E-state index < -0.39 is 47.5 Å². The molecule has 0 aromatic heterocycles. The maximum Gasteiger partial charge on any atom is 0.243 e. The minimum absolute atomic E-state index is 0. The number of halogens is 1. The van der Waals surface area contributed by atoms with Gasteiger partial charge in [0.25, 0.3) is 0 Å². The number of epoxide rings is 1. The lowest BCUT2D eigenvalue weighted by atomic mass is 9.93. The van der Waals surface area contributed by atoms with Crippen LogP contribution >= 0.6 is 12.4 Å². The summed E-state index contributed by atoms with van der Waals surface area (Å²) in [6, 6.07) is 15.3. The highest BCUT2D eigenvalue weighted by molar-refractivity contribution is 5.98. The second-order valence-corrected chi connectivity index (χ2v) is 15.0. The van der Waals surface area contributed by atoms with Crippen molar-refractivity contribution in [2.75, 3.05) is 39.5 Å². The predicted molar refractivity (Wildman–Crippen MR) is 205 cm³/mol. The molecule has 5 atom stereocenters. The number of nitrogens with one attached hydrogen (secondary N) is 4. The third-order valence-electron chi connectivity index (χ3n) is 9.38. The molecule has 0 saturated carbocycles. The van der Waals surface area contributed by atoms with Crippen LogP contribution < -0.4 is 21.3 Å². The molecule has 2 fully saturated rings. The standard InChI is InChI=1S/C40H57N5O7.ClH/c1-27(2)22-32(36(47)40(5)26-52-40)42-39(50)34(24-30-14-10-7-11-15-30)44-38(49)33(23-28(3)4)43-37(48)31(17-16-29-12-8-6-9-13-29)41-35(46)25-45-18-20-51-21-19-45;/h6-15,27-28,31-34H,16-26H2,1-5H3,(H,41,46)(H,42,50)(H,43,48)(H,44,49);1H/t31-,32-,33-,34-,40+;/m0./s1. The lowest BCUT2D eigenvalue weighted by molar-refractivity contribution is -0.135. The van der Waals surface area contributed by atoms with E-state index in [0.29, 0.717) is 58.6 Å². The predicted octanol–water partition coefficient (Wildman–Crippen LogP) is 3.01. The summed E-state index contributed by atoms with van der Waals surface area (Å²) in [4.78, 5) is 70.5. The molecular weight excluding hydrogens is 698 g/mol. The van der Waals surface area contributed by atoms with Gasteiger partial charge < -0.3 is 30.7 Å². The number of ketones is 1. The number of hydrogen-bond donors (Lipinski definition) is 4. The van der Waals surface area contributed by atoms with Crippen molar-refractivity contribution in [2.24, 2.45) is 11.8 Å². The van der Waals surface area contributed by atoms with Crippen LogP contribution in [0.3, 0.4) is 0 Å². The Balaban J connectivity index is 0.00000756. The number of nitrogens with zero attached hydrogens (tertiary/aromatic N) is 1. The Morgan fingerprint density at radius 3 is 1.75 bits per heavy atom. The van der Waals surface area contributed by atoms with Gasteiger partial charge in [-0.2, -0.15) is 0 Å². The second kappa shape index (κ2) is 21.2. The molecule has 0 aliphatic carbocycles. The highest BCUT2D eigenvalue weighted by atomic mass is 35.5. The van der Waals surface area contributed by atoms with Gasteiger partial charge >= 0.3 is 0 Å². The zero-order chi connectivity index (χ0) is 37.7. The average Bonchev–Trinajstić information content (AvgIpc) is 3.87. The van der Waals surface area contributed by atoms with Crippen molar-refractivity contribution in [3.8, 4) is 0 Å². The van der Waals surface area contributed by atoms with Gasteiger partial charge in [-0.05, 0) is 55.6 Å². The summed E-state index contributed by atoms with van der Waals surface area (Å²) in [6.45, 7) is 12.3. The Labute approximate surface area is 320 Å². The molecule has 12 nitrogen and oxygen atoms in total. The van der Waals surface area contributed by atoms with Crippen LogP contribution in [0.1, 0.15) is 65.0 Å². The summed E-state index contributed by atoms with van der Waals surface area (Å²) in [5.74, 6) is -1.83. The first-order valence-electron chi connectivity index (χ1n) is 18.6. The van der Waals surface area contributed by atoms with Gasteiger partial charge in [-0.3, -0.25) is 28.9 Å². The van der Waals surface area contributed by atoms with E-state index in [9.17, 15) is 24.0 Å². The largest absolute Gasteiger partial charge is 0.379 e. The minimum Gasteiger partial charge on any atom is -0.379 e. The number of carbonyl (C=O) groups is 5. The Hall–Kier alpha value is -3.84. The molecule has 0 radical (unpaired) electrons. The van der Waals surface area contributed by atoms with E-state index in [1.54, 1.807) is 6.92 Å². The van der Waals surface area contributed by atoms with Gasteiger partial charge in [0, 0.05) is 19.5 Å². The zero-order valence-corrected chi connectivity index (χ0v) is 32.5. The van der Waals surface area contributed by atoms with Crippen molar-refractivity contribution < 1.29 is 33.4 Å². The molecule has 2 heterocycles. The van der Waals surface area contributed by atoms with Crippen LogP contribution in [0, 0.1) is 11.8 Å². The van der Waals surface area contributed by atoms with Crippen molar-refractivity contribution in [2.45, 2.75) is 96.5 Å². The van der Waals surface area contributed by atoms with Gasteiger partial charge in [-0.15, -0.1) is 12.4 Å². The molecule has 4 amide bonds. The summed E-state index contributed by atoms with van der Waals surface area (Å²) < 4.78 is 10.8. The topological polar surface area (TPSA) is 158 Å². The van der Waals surface area contributed by atoms with Gasteiger partial charge in [-0.25, -0.2) is 0 Å². The third-order valence-corrected chi connectivity index (χ3v) is 9.38. The molecule has 13 heteroatoms. The minimum atomic E-state index is -1.03. The molecule has 2 aliphatic rings. The fourth-order valence-electron chi connectivity index (χ4n) is 6.33. The molecule has 2 aliphatic heterocycles. The molecular formula is C40H58ClN5O7. The molecule has 4 N–H and O–H groups in total. The van der Waals surface area contributed by atoms with E-state index in [1.807, 2.05) is 93.3 Å². The van der Waals surface area contributed by atoms with Crippen molar-refractivity contribution in [1.82, 2.24) is 26.2 Å². The maximum atomic E-state index is 14.1. The average molecular weight is 756 g/mol. The van der Waals surface area contributed by atoms with Crippen LogP contribution in [0.15, 0.2) is 60.7 Å². The smallest absolute Gasteiger partial charge is 0.243 e. The summed E-state index contributed by atoms with van der Waals surface area (Å²) in [6.07, 6.45) is 1.76. The summed E-state index contributed by atoms with van der Waals surface area (Å²) in [7, 11) is 0. The monoisotopic (exact) mass is 755 g/mol. The number of Topliss-reactive ketones (excluding diaryl/α,β-unsaturated/α-hetero) is 1. The first kappa shape index (κ1) is 43.6. The molecule has 0 unspecified atom stereocenters. The highest BCUT2D eigenvalue weighted by Gasteiger charge is 2.50. The normalized spacial score (nSPS) is 19.2. The van der Waals surface area contributed by atoms with Gasteiger partial charge in [-0.1, -0.05) is 88.4 Å². The van der Waals surface area contributed by atoms with Crippen LogP contribution in [0.2, 0.25) is 0 Å². The number of amides is 4. The molecule has 2 aromatic rings. The van der Waals surface area contributed by atoms with E-state index in [4.69, 9.17) is 9.47 Å². The van der Waals surface area contributed by atoms with Crippen LogP contribution in [-0.2, 0) is 46.3 Å². The van der Waals surface area contributed by atoms with Gasteiger partial charge in [0.15, 0.2) is 5.78 Å². The number of ether oxygens (including phenoxy) is 2. The lowest BCUT2D eigenvalue weighted by Crippen LogP contribution is -2.59. The van der Waals surface area contributed by atoms with E-state index in [-0.39, 0.29) is 48.9 Å². The van der Waals surface area contributed by atoms with Crippen LogP contribution in [0.25, 0.3) is 0 Å². The Morgan fingerprint density at radius 1 is 0.698 bits per heavy atom. The summed E-state index contributed by atoms with van der Waals surface area (Å²) >= 11 is 0. The highest BCUT2D eigenvalue weighted by Crippen LogP contribution is 2.29. The molecule has 2 saturated heterocycles. The first-order valence-corrected chi connectivity index (χ1v) is 18.6. The van der Waals surface area contributed by atoms with Crippen LogP contribution in [-0.4, -0.2) is 104 Å². The number of rotatable bonds is 20. The van der Waals surface area contributed by atoms with Crippen LogP contribution in [0.4, 0.5) is 0 Å². The van der Waals surface area contributed by atoms with Crippen LogP contribution in [0.5, 0.6) is 0 Å². The van der Waals surface area contributed by atoms with E-state index in [1.165, 1.54) is 0 Å². The number of hydrogen-bond acceptors (Lipinski definition) is 8. The molecule has 2 aromatic carbocycles. The fourth-order valence-corrected chi connectivity index (χ4v) is 6.33. The van der Waals surface area contributed by atoms with E-state index in [2.05, 4.69) is 21.3 Å². The third kappa shape index (κ3) is 14.5. The molecule has 292 valence electrons. The summed E-state index contributed by atoms with van der Waals surface area (Å²) in [5.41, 5.74) is 0.915. The number of carbonyl (C=O) groups excluding carboxylic acids is 5. The maximum absolute atomic E-state index is 14.1. The van der Waals surface area contributed by atoms with Gasteiger partial charge in [0.05, 0.1) is 32.4 Å². The first-order chi connectivity index (χ1) is 24.8.